The molecule has 5 nitrogen and oxygen atoms in total. The highest BCUT2D eigenvalue weighted by Gasteiger charge is 2.36. The van der Waals surface area contributed by atoms with Gasteiger partial charge in [0, 0.05) is 11.8 Å². The molecule has 0 saturated carbocycles. The number of amides is 2. The largest absolute Gasteiger partial charge is 0.302 e. The minimum Gasteiger partial charge on any atom is -0.302 e. The average molecular weight is 353 g/mol. The van der Waals surface area contributed by atoms with Gasteiger partial charge < -0.3 is 4.40 Å². The van der Waals surface area contributed by atoms with Gasteiger partial charge in [0.2, 0.25) is 0 Å². The molecule has 0 unspecified atom stereocenters. The lowest BCUT2D eigenvalue weighted by Crippen LogP contribution is -2.29. The predicted octanol–water partition coefficient (Wildman–Crippen LogP) is 3.80. The zero-order valence-corrected chi connectivity index (χ0v) is 14.4. The monoisotopic (exact) mass is 353 g/mol. The number of pyridine rings is 1. The first-order valence-corrected chi connectivity index (χ1v) is 8.70. The van der Waals surface area contributed by atoms with E-state index in [-0.39, 0.29) is 18.4 Å². The molecule has 27 heavy (non-hydrogen) atoms. The first-order valence-electron chi connectivity index (χ1n) is 8.70. The second-order valence-electron chi connectivity index (χ2n) is 6.44. The van der Waals surface area contributed by atoms with Gasteiger partial charge in [0.1, 0.15) is 5.65 Å². The third kappa shape index (κ3) is 2.36. The van der Waals surface area contributed by atoms with Gasteiger partial charge in [0.05, 0.1) is 29.1 Å². The summed E-state index contributed by atoms with van der Waals surface area (Å²) in [6.07, 6.45) is 1.91. The number of carbonyl (C=O) groups is 2. The number of nitrogens with zero attached hydrogens (tertiary/aromatic N) is 3. The molecule has 1 aliphatic heterocycles. The maximum absolute atomic E-state index is 12.8. The highest BCUT2D eigenvalue weighted by molar-refractivity contribution is 6.21. The van der Waals surface area contributed by atoms with Crippen LogP contribution in [0, 0.1) is 0 Å². The van der Waals surface area contributed by atoms with E-state index in [4.69, 9.17) is 4.98 Å². The van der Waals surface area contributed by atoms with E-state index in [0.717, 1.165) is 22.6 Å². The van der Waals surface area contributed by atoms with Gasteiger partial charge in [-0.3, -0.25) is 14.5 Å². The van der Waals surface area contributed by atoms with Crippen molar-refractivity contribution in [2.45, 2.75) is 6.54 Å². The van der Waals surface area contributed by atoms with Crippen LogP contribution in [-0.2, 0) is 6.54 Å². The van der Waals surface area contributed by atoms with Gasteiger partial charge in [-0.2, -0.15) is 0 Å². The van der Waals surface area contributed by atoms with Gasteiger partial charge >= 0.3 is 0 Å². The predicted molar refractivity (Wildman–Crippen MR) is 101 cm³/mol. The van der Waals surface area contributed by atoms with Crippen molar-refractivity contribution in [2.75, 3.05) is 0 Å². The number of rotatable bonds is 3. The Balaban J connectivity index is 1.64. The van der Waals surface area contributed by atoms with Gasteiger partial charge in [-0.1, -0.05) is 48.5 Å². The Kier molecular flexibility index (Phi) is 3.40. The van der Waals surface area contributed by atoms with Gasteiger partial charge in [0.15, 0.2) is 0 Å². The molecule has 1 aliphatic rings. The van der Waals surface area contributed by atoms with Crippen molar-refractivity contribution < 1.29 is 9.59 Å². The molecular weight excluding hydrogens is 338 g/mol. The summed E-state index contributed by atoms with van der Waals surface area (Å²) in [6.45, 7) is 0.168. The summed E-state index contributed by atoms with van der Waals surface area (Å²) in [6, 6.07) is 22.5. The van der Waals surface area contributed by atoms with E-state index in [1.165, 1.54) is 4.90 Å². The minimum absolute atomic E-state index is 0.168. The summed E-state index contributed by atoms with van der Waals surface area (Å²) >= 11 is 0. The smallest absolute Gasteiger partial charge is 0.261 e. The summed E-state index contributed by atoms with van der Waals surface area (Å²) in [5.74, 6) is -0.527. The molecule has 5 heteroatoms. The summed E-state index contributed by atoms with van der Waals surface area (Å²) < 4.78 is 1.94. The number of aromatic nitrogens is 2. The number of imidazole rings is 1. The topological polar surface area (TPSA) is 54.7 Å². The zero-order chi connectivity index (χ0) is 18.4. The summed E-state index contributed by atoms with van der Waals surface area (Å²) in [7, 11) is 0. The van der Waals surface area contributed by atoms with Gasteiger partial charge in [0.25, 0.3) is 11.8 Å². The van der Waals surface area contributed by atoms with Crippen molar-refractivity contribution in [1.29, 1.82) is 0 Å². The van der Waals surface area contributed by atoms with Gasteiger partial charge in [-0.25, -0.2) is 4.98 Å². The lowest BCUT2D eigenvalue weighted by molar-refractivity contribution is 0.0640. The van der Waals surface area contributed by atoms with Crippen LogP contribution in [0.3, 0.4) is 0 Å². The number of hydrogen-bond donors (Lipinski definition) is 0. The zero-order valence-electron chi connectivity index (χ0n) is 14.4. The van der Waals surface area contributed by atoms with Crippen LogP contribution in [0.4, 0.5) is 0 Å². The van der Waals surface area contributed by atoms with Crippen LogP contribution in [0.15, 0.2) is 79.0 Å². The number of fused-ring (bicyclic) bond motifs is 2. The van der Waals surface area contributed by atoms with E-state index in [0.29, 0.717) is 11.1 Å². The fourth-order valence-corrected chi connectivity index (χ4v) is 3.56. The van der Waals surface area contributed by atoms with Crippen molar-refractivity contribution in [3.63, 3.8) is 0 Å². The number of imide groups is 1. The molecule has 0 atom stereocenters. The molecule has 0 bridgehead atoms. The first kappa shape index (κ1) is 15.5. The molecular formula is C22H15N3O2. The van der Waals surface area contributed by atoms with Crippen molar-refractivity contribution in [2.24, 2.45) is 0 Å². The normalized spacial score (nSPS) is 13.4. The second-order valence-corrected chi connectivity index (χ2v) is 6.44. The number of hydrogen-bond acceptors (Lipinski definition) is 3. The maximum atomic E-state index is 12.8. The Morgan fingerprint density at radius 1 is 0.741 bits per heavy atom. The maximum Gasteiger partial charge on any atom is 0.261 e. The fraction of sp³-hybridized carbons (Fsp3) is 0.0455. The third-order valence-corrected chi connectivity index (χ3v) is 4.86. The van der Waals surface area contributed by atoms with Crippen molar-refractivity contribution in [3.8, 4) is 11.3 Å². The Labute approximate surface area is 155 Å². The van der Waals surface area contributed by atoms with Crippen molar-refractivity contribution in [1.82, 2.24) is 14.3 Å². The van der Waals surface area contributed by atoms with E-state index < -0.39 is 0 Å². The van der Waals surface area contributed by atoms with Crippen molar-refractivity contribution >= 4 is 17.5 Å². The molecule has 2 aromatic carbocycles. The van der Waals surface area contributed by atoms with Crippen LogP contribution in [0.25, 0.3) is 16.9 Å². The van der Waals surface area contributed by atoms with E-state index in [1.54, 1.807) is 24.3 Å². The quantitative estimate of drug-likeness (QED) is 0.527. The van der Waals surface area contributed by atoms with Crippen LogP contribution < -0.4 is 0 Å². The second kappa shape index (κ2) is 5.92. The lowest BCUT2D eigenvalue weighted by Gasteiger charge is -2.15. The van der Waals surface area contributed by atoms with Crippen LogP contribution in [0.5, 0.6) is 0 Å². The first-order chi connectivity index (χ1) is 13.2. The molecule has 0 saturated heterocycles. The highest BCUT2D eigenvalue weighted by atomic mass is 16.2. The van der Waals surface area contributed by atoms with Crippen molar-refractivity contribution in [3.05, 3.63) is 95.8 Å². The Hall–Kier alpha value is -3.73. The molecule has 2 amide bonds. The number of carbonyl (C=O) groups excluding carboxylic acids is 2. The van der Waals surface area contributed by atoms with Crippen LogP contribution in [-0.4, -0.2) is 26.1 Å². The minimum atomic E-state index is -0.263. The fourth-order valence-electron chi connectivity index (χ4n) is 3.56. The Bertz CT molecular complexity index is 1160. The molecule has 0 fully saturated rings. The average Bonchev–Trinajstić information content (AvgIpc) is 3.20. The molecule has 0 radical (unpaired) electrons. The van der Waals surface area contributed by atoms with Crippen LogP contribution >= 0.6 is 0 Å². The SMILES string of the molecule is O=C1c2ccccc2C(=O)N1Cc1c(-c2ccccc2)nc2ccccn12. The Morgan fingerprint density at radius 2 is 1.37 bits per heavy atom. The summed E-state index contributed by atoms with van der Waals surface area (Å²) in [5, 5.41) is 0. The third-order valence-electron chi connectivity index (χ3n) is 4.86. The lowest BCUT2D eigenvalue weighted by atomic mass is 10.1. The summed E-state index contributed by atoms with van der Waals surface area (Å²) in [5.41, 5.74) is 4.23. The van der Waals surface area contributed by atoms with Crippen LogP contribution in [0.1, 0.15) is 26.4 Å². The van der Waals surface area contributed by atoms with E-state index >= 15 is 0 Å². The molecule has 0 aliphatic carbocycles. The van der Waals surface area contributed by atoms with E-state index in [2.05, 4.69) is 0 Å². The van der Waals surface area contributed by atoms with Gasteiger partial charge in [-0.05, 0) is 24.3 Å². The molecule has 3 heterocycles. The molecule has 0 N–H and O–H groups in total. The van der Waals surface area contributed by atoms with Gasteiger partial charge in [-0.15, -0.1) is 0 Å². The molecule has 2 aromatic heterocycles. The Morgan fingerprint density at radius 3 is 2.07 bits per heavy atom. The van der Waals surface area contributed by atoms with E-state index in [9.17, 15) is 9.59 Å². The van der Waals surface area contributed by atoms with Crippen LogP contribution in [0.2, 0.25) is 0 Å². The molecule has 130 valence electrons. The summed E-state index contributed by atoms with van der Waals surface area (Å²) in [4.78, 5) is 31.6. The number of benzene rings is 2. The van der Waals surface area contributed by atoms with E-state index in [1.807, 2.05) is 59.1 Å². The molecule has 0 spiro atoms. The standard InChI is InChI=1S/C22H15N3O2/c26-21-16-10-4-5-11-17(16)22(27)25(21)14-18-20(15-8-2-1-3-9-15)23-19-12-6-7-13-24(18)19/h1-13H,14H2. The molecule has 4 aromatic rings. The highest BCUT2D eigenvalue weighted by Crippen LogP contribution is 2.29. The molecule has 5 rings (SSSR count).